The third-order valence-electron chi connectivity index (χ3n) is 2.29. The molecule has 2 fully saturated rings. The van der Waals surface area contributed by atoms with Crippen LogP contribution in [-0.2, 0) is 0 Å². The van der Waals surface area contributed by atoms with E-state index < -0.39 is 0 Å². The molecule has 42 valence electrons. The topological polar surface area (TPSA) is 3.24 Å². The molecule has 0 aromatic heterocycles. The maximum absolute atomic E-state index is 5.54. The third-order valence-corrected chi connectivity index (χ3v) is 3.28. The summed E-state index contributed by atoms with van der Waals surface area (Å²) in [5.74, 6) is 1.84. The van der Waals surface area contributed by atoms with E-state index in [1.807, 2.05) is 4.81 Å². The Morgan fingerprint density at radius 3 is 2.25 bits per heavy atom. The van der Waals surface area contributed by atoms with Gasteiger partial charge in [0, 0.05) is 0 Å². The van der Waals surface area contributed by atoms with Crippen molar-refractivity contribution in [2.45, 2.75) is 5.66 Å². The highest BCUT2D eigenvalue weighted by atomic mass is 31.0. The number of nitrogens with zero attached hydrogens (tertiary/aromatic N) is 1. The molecule has 0 aromatic rings. The van der Waals surface area contributed by atoms with Crippen LogP contribution in [0.2, 0.25) is 0 Å². The summed E-state index contributed by atoms with van der Waals surface area (Å²) < 4.78 is 0. The Morgan fingerprint density at radius 1 is 1.38 bits per heavy atom. The Kier molecular flexibility index (Phi) is 0.977. The largest absolute Gasteiger partial charge is 0.353 e. The van der Waals surface area contributed by atoms with Gasteiger partial charge in [-0.05, 0) is 30.6 Å². The van der Waals surface area contributed by atoms with Gasteiger partial charge >= 0.3 is 0 Å². The molecule has 2 rings (SSSR count). The van der Waals surface area contributed by atoms with Crippen molar-refractivity contribution in [3.05, 3.63) is 0 Å². The average molecular weight is 125 g/mol. The van der Waals surface area contributed by atoms with Crippen LogP contribution >= 0.6 is 9.24 Å². The summed E-state index contributed by atoms with van der Waals surface area (Å²) in [5, 5.41) is 0. The molecule has 1 nitrogen and oxygen atoms in total. The van der Waals surface area contributed by atoms with E-state index in [4.69, 9.17) is 7.98 Å². The number of hydrogen-bond donors (Lipinski definition) is 0. The van der Waals surface area contributed by atoms with E-state index in [-0.39, 0.29) is 0 Å². The fourth-order valence-electron chi connectivity index (χ4n) is 1.60. The molecular formula is C5H9BNP. The lowest BCUT2D eigenvalue weighted by Gasteiger charge is -2.10. The van der Waals surface area contributed by atoms with Crippen molar-refractivity contribution >= 4 is 17.2 Å². The highest BCUT2D eigenvalue weighted by Gasteiger charge is 2.51. The summed E-state index contributed by atoms with van der Waals surface area (Å²) >= 11 is 0. The van der Waals surface area contributed by atoms with Gasteiger partial charge in [0.25, 0.3) is 0 Å². The maximum atomic E-state index is 5.54. The zero-order valence-electron chi connectivity index (χ0n) is 4.75. The second-order valence-corrected chi connectivity index (χ2v) is 3.63. The van der Waals surface area contributed by atoms with Gasteiger partial charge < -0.3 is 4.81 Å². The standard InChI is InChI=1S/C5H9BNP/c6-7-1-3-4(2-7)5(3)8/h3-5H,1-2,8H2. The molecule has 1 aliphatic heterocycles. The molecule has 0 N–H and O–H groups in total. The van der Waals surface area contributed by atoms with Crippen molar-refractivity contribution in [2.75, 3.05) is 13.1 Å². The molecule has 2 aliphatic rings. The predicted octanol–water partition coefficient (Wildman–Crippen LogP) is -0.125. The molecule has 3 heteroatoms. The van der Waals surface area contributed by atoms with Crippen LogP contribution in [0.15, 0.2) is 0 Å². The normalized spacial score (nSPS) is 53.9. The van der Waals surface area contributed by atoms with Crippen LogP contribution in [0.5, 0.6) is 0 Å². The predicted molar refractivity (Wildman–Crippen MR) is 37.8 cm³/mol. The van der Waals surface area contributed by atoms with Gasteiger partial charge in [-0.3, -0.25) is 0 Å². The van der Waals surface area contributed by atoms with Gasteiger partial charge in [-0.2, -0.15) is 0 Å². The lowest BCUT2D eigenvalue weighted by Crippen LogP contribution is -2.20. The van der Waals surface area contributed by atoms with E-state index in [0.29, 0.717) is 0 Å². The second kappa shape index (κ2) is 1.49. The Balaban J connectivity index is 2.00. The van der Waals surface area contributed by atoms with Crippen molar-refractivity contribution < 1.29 is 0 Å². The lowest BCUT2D eigenvalue weighted by molar-refractivity contribution is 0.502. The average Bonchev–Trinajstić information content (AvgIpc) is 2.29. The first-order valence-electron chi connectivity index (χ1n) is 3.04. The van der Waals surface area contributed by atoms with Crippen LogP contribution in [0.3, 0.4) is 0 Å². The van der Waals surface area contributed by atoms with Crippen LogP contribution in [0.4, 0.5) is 0 Å². The zero-order chi connectivity index (χ0) is 5.72. The van der Waals surface area contributed by atoms with Gasteiger partial charge in [0.05, 0.1) is 0 Å². The van der Waals surface area contributed by atoms with Crippen molar-refractivity contribution in [1.29, 1.82) is 0 Å². The molecule has 3 unspecified atom stereocenters. The molecule has 1 aliphatic carbocycles. The monoisotopic (exact) mass is 125 g/mol. The van der Waals surface area contributed by atoms with Crippen LogP contribution in [0.25, 0.3) is 0 Å². The van der Waals surface area contributed by atoms with Gasteiger partial charge in [-0.25, -0.2) is 0 Å². The third kappa shape index (κ3) is 0.564. The Labute approximate surface area is 53.5 Å². The summed E-state index contributed by atoms with van der Waals surface area (Å²) in [4.78, 5) is 1.93. The molecule has 0 bridgehead atoms. The summed E-state index contributed by atoms with van der Waals surface area (Å²) in [6.07, 6.45) is 0. The van der Waals surface area contributed by atoms with Crippen molar-refractivity contribution in [3.63, 3.8) is 0 Å². The van der Waals surface area contributed by atoms with E-state index >= 15 is 0 Å². The SMILES string of the molecule is [B]N1CC2C(P)C2C1. The van der Waals surface area contributed by atoms with E-state index in [9.17, 15) is 0 Å². The minimum absolute atomic E-state index is 0.898. The molecule has 0 aromatic carbocycles. The molecule has 1 heterocycles. The molecule has 2 radical (unpaired) electrons. The first kappa shape index (κ1) is 5.26. The summed E-state index contributed by atoms with van der Waals surface area (Å²) in [6, 6.07) is 0. The number of hydrogen-bond acceptors (Lipinski definition) is 1. The zero-order valence-corrected chi connectivity index (χ0v) is 5.90. The van der Waals surface area contributed by atoms with Gasteiger partial charge in [0.1, 0.15) is 0 Å². The van der Waals surface area contributed by atoms with Crippen LogP contribution in [0, 0.1) is 11.8 Å². The fraction of sp³-hybridized carbons (Fsp3) is 1.00. The minimum atomic E-state index is 0.898. The van der Waals surface area contributed by atoms with E-state index in [0.717, 1.165) is 30.6 Å². The van der Waals surface area contributed by atoms with E-state index in [2.05, 4.69) is 9.24 Å². The van der Waals surface area contributed by atoms with Crippen LogP contribution in [0.1, 0.15) is 0 Å². The molecule has 1 saturated heterocycles. The first-order chi connectivity index (χ1) is 3.79. The van der Waals surface area contributed by atoms with Crippen molar-refractivity contribution in [2.24, 2.45) is 11.8 Å². The second-order valence-electron chi connectivity index (χ2n) is 2.86. The summed E-state index contributed by atoms with van der Waals surface area (Å²) in [7, 11) is 8.42. The highest BCUT2D eigenvalue weighted by molar-refractivity contribution is 7.18. The molecule has 0 spiro atoms. The molecule has 0 amide bonds. The van der Waals surface area contributed by atoms with E-state index in [1.165, 1.54) is 0 Å². The fourth-order valence-corrected chi connectivity index (χ4v) is 2.29. The first-order valence-corrected chi connectivity index (χ1v) is 3.71. The number of fused-ring (bicyclic) bond motifs is 1. The van der Waals surface area contributed by atoms with Crippen molar-refractivity contribution in [1.82, 2.24) is 4.81 Å². The van der Waals surface area contributed by atoms with Gasteiger partial charge in [-0.15, -0.1) is 9.24 Å². The van der Waals surface area contributed by atoms with Gasteiger partial charge in [0.2, 0.25) is 0 Å². The van der Waals surface area contributed by atoms with Crippen LogP contribution in [-0.4, -0.2) is 31.5 Å². The minimum Gasteiger partial charge on any atom is -0.353 e. The quantitative estimate of drug-likeness (QED) is 0.322. The smallest absolute Gasteiger partial charge is 0.182 e. The lowest BCUT2D eigenvalue weighted by atomic mass is 10.3. The maximum Gasteiger partial charge on any atom is 0.182 e. The van der Waals surface area contributed by atoms with Gasteiger partial charge in [-0.1, -0.05) is 0 Å². The Bertz CT molecular complexity index is 107. The van der Waals surface area contributed by atoms with Crippen molar-refractivity contribution in [3.8, 4) is 0 Å². The highest BCUT2D eigenvalue weighted by Crippen LogP contribution is 2.49. The Morgan fingerprint density at radius 2 is 1.88 bits per heavy atom. The van der Waals surface area contributed by atoms with Crippen LogP contribution < -0.4 is 0 Å². The summed E-state index contributed by atoms with van der Waals surface area (Å²) in [5.41, 5.74) is 0.898. The Hall–Kier alpha value is 0.455. The molecule has 3 atom stereocenters. The van der Waals surface area contributed by atoms with E-state index in [1.54, 1.807) is 0 Å². The molecule has 8 heavy (non-hydrogen) atoms. The molecular weight excluding hydrogens is 116 g/mol. The van der Waals surface area contributed by atoms with Gasteiger partial charge in [0.15, 0.2) is 7.98 Å². The molecule has 1 saturated carbocycles. The number of rotatable bonds is 0. The summed E-state index contributed by atoms with van der Waals surface area (Å²) in [6.45, 7) is 2.25. The number of piperidine rings is 1.